The molecule has 0 saturated heterocycles. The molecule has 2 aliphatic carbocycles. The summed E-state index contributed by atoms with van der Waals surface area (Å²) in [5, 5.41) is 3.88. The second-order valence-corrected chi connectivity index (χ2v) is 6.04. The summed E-state index contributed by atoms with van der Waals surface area (Å²) in [5.41, 5.74) is 1.43. The van der Waals surface area contributed by atoms with Gasteiger partial charge in [0.1, 0.15) is 5.76 Å². The van der Waals surface area contributed by atoms with Crippen molar-refractivity contribution in [2.75, 3.05) is 0 Å². The molecule has 2 aliphatic rings. The fourth-order valence-electron chi connectivity index (χ4n) is 3.68. The molecule has 0 aromatic carbocycles. The van der Waals surface area contributed by atoms with Gasteiger partial charge in [-0.15, -0.1) is 0 Å². The van der Waals surface area contributed by atoms with Gasteiger partial charge in [0.25, 0.3) is 0 Å². The van der Waals surface area contributed by atoms with E-state index in [1.165, 1.54) is 56.3 Å². The third-order valence-electron chi connectivity index (χ3n) is 4.91. The van der Waals surface area contributed by atoms with Crippen LogP contribution >= 0.6 is 0 Å². The Labute approximate surface area is 110 Å². The smallest absolute Gasteiger partial charge is 0.108 e. The van der Waals surface area contributed by atoms with Crippen LogP contribution in [0.5, 0.6) is 0 Å². The van der Waals surface area contributed by atoms with Crippen LogP contribution in [-0.4, -0.2) is 6.04 Å². The molecule has 1 aromatic rings. The summed E-state index contributed by atoms with van der Waals surface area (Å²) < 4.78 is 5.57. The topological polar surface area (TPSA) is 25.2 Å². The third-order valence-corrected chi connectivity index (χ3v) is 4.91. The highest BCUT2D eigenvalue weighted by molar-refractivity contribution is 5.24. The van der Waals surface area contributed by atoms with Crippen molar-refractivity contribution in [1.82, 2.24) is 5.32 Å². The Bertz CT molecular complexity index is 376. The van der Waals surface area contributed by atoms with Crippen LogP contribution < -0.4 is 5.32 Å². The lowest BCUT2D eigenvalue weighted by Gasteiger charge is -2.33. The van der Waals surface area contributed by atoms with E-state index in [9.17, 15) is 0 Å². The molecule has 2 heteroatoms. The first-order valence-corrected chi connectivity index (χ1v) is 7.69. The maximum atomic E-state index is 5.57. The highest BCUT2D eigenvalue weighted by Crippen LogP contribution is 2.33. The van der Waals surface area contributed by atoms with Crippen LogP contribution in [0.3, 0.4) is 0 Å². The quantitative estimate of drug-likeness (QED) is 0.865. The van der Waals surface area contributed by atoms with E-state index in [4.69, 9.17) is 4.42 Å². The molecule has 0 aliphatic heterocycles. The standard InChI is InChI=1S/C16H25NO/c1-2-12-6-8-13(9-7-12)17-15-4-3-5-16-14(15)10-11-18-16/h10-13,15,17H,2-9H2,1H3. The van der Waals surface area contributed by atoms with E-state index in [2.05, 4.69) is 18.3 Å². The molecule has 0 amide bonds. The first kappa shape index (κ1) is 12.3. The zero-order valence-electron chi connectivity index (χ0n) is 11.5. The Morgan fingerprint density at radius 3 is 2.83 bits per heavy atom. The average Bonchev–Trinajstić information content (AvgIpc) is 2.89. The van der Waals surface area contributed by atoms with Gasteiger partial charge in [-0.3, -0.25) is 0 Å². The first-order valence-electron chi connectivity index (χ1n) is 7.69. The second kappa shape index (κ2) is 5.48. The molecule has 1 atom stereocenters. The van der Waals surface area contributed by atoms with Gasteiger partial charge in [0.15, 0.2) is 0 Å². The molecule has 1 heterocycles. The first-order chi connectivity index (χ1) is 8.86. The number of hydrogen-bond donors (Lipinski definition) is 1. The molecular weight excluding hydrogens is 222 g/mol. The summed E-state index contributed by atoms with van der Waals surface area (Å²) >= 11 is 0. The van der Waals surface area contributed by atoms with E-state index in [0.29, 0.717) is 6.04 Å². The van der Waals surface area contributed by atoms with E-state index in [1.54, 1.807) is 0 Å². The number of nitrogens with one attached hydrogen (secondary N) is 1. The molecule has 0 spiro atoms. The number of hydrogen-bond acceptors (Lipinski definition) is 2. The van der Waals surface area contributed by atoms with Crippen LogP contribution in [0, 0.1) is 5.92 Å². The summed E-state index contributed by atoms with van der Waals surface area (Å²) in [6.07, 6.45) is 12.5. The summed E-state index contributed by atoms with van der Waals surface area (Å²) in [4.78, 5) is 0. The molecule has 0 radical (unpaired) electrons. The minimum Gasteiger partial charge on any atom is -0.469 e. The summed E-state index contributed by atoms with van der Waals surface area (Å²) in [7, 11) is 0. The molecule has 1 fully saturated rings. The van der Waals surface area contributed by atoms with Crippen molar-refractivity contribution < 1.29 is 4.42 Å². The SMILES string of the molecule is CCC1CCC(NC2CCCc3occc32)CC1. The van der Waals surface area contributed by atoms with E-state index in [0.717, 1.165) is 18.4 Å². The molecule has 3 rings (SSSR count). The van der Waals surface area contributed by atoms with Gasteiger partial charge < -0.3 is 9.73 Å². The Morgan fingerprint density at radius 2 is 2.06 bits per heavy atom. The fraction of sp³-hybridized carbons (Fsp3) is 0.750. The molecule has 0 bridgehead atoms. The monoisotopic (exact) mass is 247 g/mol. The zero-order chi connectivity index (χ0) is 12.4. The number of aryl methyl sites for hydroxylation is 1. The second-order valence-electron chi connectivity index (χ2n) is 6.04. The molecule has 1 N–H and O–H groups in total. The van der Waals surface area contributed by atoms with Gasteiger partial charge >= 0.3 is 0 Å². The Balaban J connectivity index is 1.58. The largest absolute Gasteiger partial charge is 0.469 e. The highest BCUT2D eigenvalue weighted by atomic mass is 16.3. The average molecular weight is 247 g/mol. The van der Waals surface area contributed by atoms with Crippen LogP contribution in [0.4, 0.5) is 0 Å². The molecule has 100 valence electrons. The predicted octanol–water partition coefficient (Wildman–Crippen LogP) is 4.22. The lowest BCUT2D eigenvalue weighted by atomic mass is 9.83. The maximum absolute atomic E-state index is 5.57. The Kier molecular flexibility index (Phi) is 3.74. The lowest BCUT2D eigenvalue weighted by molar-refractivity contribution is 0.259. The zero-order valence-corrected chi connectivity index (χ0v) is 11.5. The normalized spacial score (nSPS) is 32.2. The summed E-state index contributed by atoms with van der Waals surface area (Å²) in [5.74, 6) is 2.21. The van der Waals surface area contributed by atoms with Crippen molar-refractivity contribution in [2.45, 2.75) is 70.4 Å². The van der Waals surface area contributed by atoms with E-state index in [-0.39, 0.29) is 0 Å². The fourth-order valence-corrected chi connectivity index (χ4v) is 3.68. The van der Waals surface area contributed by atoms with E-state index < -0.39 is 0 Å². The van der Waals surface area contributed by atoms with Crippen LogP contribution in [0.1, 0.15) is 69.2 Å². The molecular formula is C16H25NO. The van der Waals surface area contributed by atoms with E-state index >= 15 is 0 Å². The third kappa shape index (κ3) is 2.49. The van der Waals surface area contributed by atoms with Crippen LogP contribution in [0.25, 0.3) is 0 Å². The minimum atomic E-state index is 0.552. The van der Waals surface area contributed by atoms with Crippen molar-refractivity contribution in [1.29, 1.82) is 0 Å². The summed E-state index contributed by atoms with van der Waals surface area (Å²) in [6.45, 7) is 2.33. The molecule has 1 unspecified atom stereocenters. The minimum absolute atomic E-state index is 0.552. The number of fused-ring (bicyclic) bond motifs is 1. The molecule has 2 nitrogen and oxygen atoms in total. The van der Waals surface area contributed by atoms with Crippen molar-refractivity contribution >= 4 is 0 Å². The van der Waals surface area contributed by atoms with Gasteiger partial charge in [0.05, 0.1) is 6.26 Å². The molecule has 1 saturated carbocycles. The Morgan fingerprint density at radius 1 is 1.22 bits per heavy atom. The van der Waals surface area contributed by atoms with E-state index in [1.807, 2.05) is 6.26 Å². The van der Waals surface area contributed by atoms with Crippen molar-refractivity contribution in [3.63, 3.8) is 0 Å². The van der Waals surface area contributed by atoms with Crippen molar-refractivity contribution in [3.05, 3.63) is 23.7 Å². The van der Waals surface area contributed by atoms with Crippen LogP contribution in [0.15, 0.2) is 16.7 Å². The highest BCUT2D eigenvalue weighted by Gasteiger charge is 2.27. The summed E-state index contributed by atoms with van der Waals surface area (Å²) in [6, 6.07) is 3.46. The van der Waals surface area contributed by atoms with Crippen LogP contribution in [0.2, 0.25) is 0 Å². The van der Waals surface area contributed by atoms with Gasteiger partial charge in [0.2, 0.25) is 0 Å². The van der Waals surface area contributed by atoms with Gasteiger partial charge in [0, 0.05) is 24.1 Å². The van der Waals surface area contributed by atoms with Gasteiger partial charge in [-0.2, -0.15) is 0 Å². The van der Waals surface area contributed by atoms with Gasteiger partial charge in [-0.25, -0.2) is 0 Å². The van der Waals surface area contributed by atoms with Crippen LogP contribution in [-0.2, 0) is 6.42 Å². The van der Waals surface area contributed by atoms with Crippen molar-refractivity contribution in [3.8, 4) is 0 Å². The molecule has 1 aromatic heterocycles. The number of rotatable bonds is 3. The predicted molar refractivity (Wildman–Crippen MR) is 73.6 cm³/mol. The maximum Gasteiger partial charge on any atom is 0.108 e. The van der Waals surface area contributed by atoms with Gasteiger partial charge in [-0.05, 0) is 50.5 Å². The molecule has 18 heavy (non-hydrogen) atoms. The van der Waals surface area contributed by atoms with Crippen molar-refractivity contribution in [2.24, 2.45) is 5.92 Å². The lowest BCUT2D eigenvalue weighted by Crippen LogP contribution is -2.37. The Hall–Kier alpha value is -0.760. The van der Waals surface area contributed by atoms with Gasteiger partial charge in [-0.1, -0.05) is 13.3 Å². The number of furan rings is 1.